The third-order valence-electron chi connectivity index (χ3n) is 27.7. The summed E-state index contributed by atoms with van der Waals surface area (Å²) in [5, 5.41) is 0.715. The molecule has 0 amide bonds. The lowest BCUT2D eigenvalue weighted by atomic mass is 9.33. The van der Waals surface area contributed by atoms with E-state index >= 15 is 0 Å². The van der Waals surface area contributed by atoms with Gasteiger partial charge in [-0.2, -0.15) is 0 Å². The van der Waals surface area contributed by atoms with Crippen molar-refractivity contribution in [2.24, 2.45) is 35.5 Å². The lowest BCUT2D eigenvalue weighted by Gasteiger charge is -2.57. The first kappa shape index (κ1) is 76.7. The van der Waals surface area contributed by atoms with E-state index in [4.69, 9.17) is 11.6 Å². The highest BCUT2D eigenvalue weighted by molar-refractivity contribution is 7.00. The van der Waals surface area contributed by atoms with Crippen LogP contribution in [-0.4, -0.2) is 6.71 Å². The molecular weight excluding hydrogens is 1360 g/mol. The van der Waals surface area contributed by atoms with Gasteiger partial charge in [0.05, 0.1) is 16.4 Å². The number of hydrogen-bond donors (Lipinski definition) is 0. The Morgan fingerprint density at radius 1 is 0.306 bits per heavy atom. The predicted octanol–water partition coefficient (Wildman–Crippen LogP) is 28.4. The third kappa shape index (κ3) is 14.1. The minimum atomic E-state index is 0. The average molecular weight is 1490 g/mol. The fraction of sp³-hybridized carbons (Fsp3) is 0.429. The van der Waals surface area contributed by atoms with E-state index in [9.17, 15) is 0 Å². The molecular formula is C105H124BClN4. The van der Waals surface area contributed by atoms with Gasteiger partial charge in [0.1, 0.15) is 0 Å². The van der Waals surface area contributed by atoms with Crippen molar-refractivity contribution in [2.45, 2.75) is 252 Å². The zero-order valence-corrected chi connectivity index (χ0v) is 70.2. The van der Waals surface area contributed by atoms with Crippen molar-refractivity contribution in [1.82, 2.24) is 0 Å². The fourth-order valence-corrected chi connectivity index (χ4v) is 22.7. The molecule has 8 fully saturated rings. The van der Waals surface area contributed by atoms with Crippen LogP contribution in [0, 0.1) is 35.5 Å². The van der Waals surface area contributed by atoms with E-state index in [2.05, 4.69) is 363 Å². The summed E-state index contributed by atoms with van der Waals surface area (Å²) in [7, 11) is 0. The van der Waals surface area contributed by atoms with Crippen LogP contribution in [0.15, 0.2) is 218 Å². The summed E-state index contributed by atoms with van der Waals surface area (Å²) in [5.41, 5.74) is 30.6. The molecule has 0 atom stereocenters. The SMILES string of the molecule is C.CC(C)(C)c1ccc(N(c2ccc(C(C)(C)C)cc2)c2cccc(N(c3ccc(C(C)(C)C)cc3)c3ccc(C45CC6CC(CC(C6)C4)C5)cc3)c2Cl)cc1.CC(C)(C)c1ccc(N2c3ccc(C(C)(C)C)cc3B3c4cc(C56CC7CC(CC(C7)C5)C6)ccc4N(c4ccc(C(C)(C)C)cc4)c4cccc2c43)cc1. The number of halogens is 1. The van der Waals surface area contributed by atoms with Crippen molar-refractivity contribution in [3.8, 4) is 0 Å². The maximum atomic E-state index is 7.77. The van der Waals surface area contributed by atoms with Crippen LogP contribution in [-0.2, 0) is 43.3 Å². The lowest BCUT2D eigenvalue weighted by Crippen LogP contribution is -2.62. The molecule has 0 aromatic heterocycles. The third-order valence-corrected chi connectivity index (χ3v) is 28.1. The van der Waals surface area contributed by atoms with Gasteiger partial charge in [-0.25, -0.2) is 0 Å². The highest BCUT2D eigenvalue weighted by Gasteiger charge is 2.54. The summed E-state index contributed by atoms with van der Waals surface area (Å²) in [6.07, 6.45) is 17.0. The zero-order chi connectivity index (χ0) is 77.1. The Morgan fingerprint density at radius 2 is 0.577 bits per heavy atom. The first-order chi connectivity index (χ1) is 52.1. The molecule has 8 saturated carbocycles. The Morgan fingerprint density at radius 3 is 0.910 bits per heavy atom. The summed E-state index contributed by atoms with van der Waals surface area (Å²) >= 11 is 7.77. The molecule has 2 aliphatic heterocycles. The molecule has 0 unspecified atom stereocenters. The number of hydrogen-bond acceptors (Lipinski definition) is 4. The number of anilines is 12. The molecule has 8 bridgehead atoms. The van der Waals surface area contributed by atoms with Gasteiger partial charge in [0.2, 0.25) is 0 Å². The van der Waals surface area contributed by atoms with Gasteiger partial charge < -0.3 is 19.6 Å². The van der Waals surface area contributed by atoms with Crippen LogP contribution in [0.25, 0.3) is 0 Å². The molecule has 0 N–H and O–H groups in total. The van der Waals surface area contributed by atoms with Gasteiger partial charge in [0.15, 0.2) is 0 Å². The Kier molecular flexibility index (Phi) is 19.2. The van der Waals surface area contributed by atoms with E-state index < -0.39 is 0 Å². The molecule has 574 valence electrons. The van der Waals surface area contributed by atoms with Crippen LogP contribution in [0.4, 0.5) is 68.2 Å². The molecule has 10 aliphatic rings. The molecule has 10 aromatic carbocycles. The molecule has 4 nitrogen and oxygen atoms in total. The van der Waals surface area contributed by atoms with Gasteiger partial charge in [-0.1, -0.05) is 253 Å². The molecule has 10 aromatic rings. The Balaban J connectivity index is 0.000000167. The van der Waals surface area contributed by atoms with Gasteiger partial charge in [0.25, 0.3) is 6.71 Å². The highest BCUT2D eigenvalue weighted by atomic mass is 35.5. The van der Waals surface area contributed by atoms with Gasteiger partial charge in [-0.3, -0.25) is 0 Å². The van der Waals surface area contributed by atoms with Crippen molar-refractivity contribution in [3.05, 3.63) is 268 Å². The van der Waals surface area contributed by atoms with Crippen molar-refractivity contribution in [2.75, 3.05) is 19.6 Å². The fourth-order valence-electron chi connectivity index (χ4n) is 22.4. The van der Waals surface area contributed by atoms with Crippen molar-refractivity contribution < 1.29 is 0 Å². The van der Waals surface area contributed by atoms with E-state index in [1.165, 1.54) is 161 Å². The van der Waals surface area contributed by atoms with Crippen LogP contribution in [0.5, 0.6) is 0 Å². The van der Waals surface area contributed by atoms with Crippen LogP contribution in [0.3, 0.4) is 0 Å². The second-order valence-corrected chi connectivity index (χ2v) is 42.2. The van der Waals surface area contributed by atoms with Crippen LogP contribution in [0.2, 0.25) is 5.02 Å². The monoisotopic (exact) mass is 1490 g/mol. The van der Waals surface area contributed by atoms with Crippen LogP contribution >= 0.6 is 11.6 Å². The molecule has 8 aliphatic carbocycles. The zero-order valence-electron chi connectivity index (χ0n) is 69.5. The normalized spacial score (nSPS) is 22.8. The maximum Gasteiger partial charge on any atom is 0.252 e. The van der Waals surface area contributed by atoms with Crippen molar-refractivity contribution >= 4 is 103 Å². The Bertz CT molecular complexity index is 4940. The van der Waals surface area contributed by atoms with E-state index in [-0.39, 0.29) is 46.6 Å². The topological polar surface area (TPSA) is 13.0 Å². The minimum absolute atomic E-state index is 0. The lowest BCUT2D eigenvalue weighted by molar-refractivity contribution is -0.00528. The van der Waals surface area contributed by atoms with Crippen molar-refractivity contribution in [3.63, 3.8) is 0 Å². The summed E-state index contributed by atoms with van der Waals surface area (Å²) in [6.45, 7) is 41.5. The Hall–Kier alpha value is -8.25. The molecule has 6 heteroatoms. The summed E-state index contributed by atoms with van der Waals surface area (Å²) in [6, 6.07) is 84.4. The van der Waals surface area contributed by atoms with E-state index in [0.29, 0.717) is 15.9 Å². The van der Waals surface area contributed by atoms with E-state index in [1.54, 1.807) is 11.1 Å². The van der Waals surface area contributed by atoms with Gasteiger partial charge >= 0.3 is 0 Å². The Labute approximate surface area is 673 Å². The van der Waals surface area contributed by atoms with Gasteiger partial charge in [-0.05, 0) is 326 Å². The first-order valence-corrected chi connectivity index (χ1v) is 42.5. The van der Waals surface area contributed by atoms with E-state index in [1.807, 2.05) is 0 Å². The first-order valence-electron chi connectivity index (χ1n) is 42.1. The van der Waals surface area contributed by atoms with Crippen molar-refractivity contribution in [1.29, 1.82) is 0 Å². The molecule has 0 spiro atoms. The molecule has 0 radical (unpaired) electrons. The molecule has 0 saturated heterocycles. The van der Waals surface area contributed by atoms with Crippen LogP contribution < -0.4 is 36.0 Å². The molecule has 20 rings (SSSR count). The number of rotatable bonds is 10. The highest BCUT2D eigenvalue weighted by Crippen LogP contribution is 2.63. The summed E-state index contributed by atoms with van der Waals surface area (Å²) in [4.78, 5) is 9.85. The largest absolute Gasteiger partial charge is 0.311 e. The maximum absolute atomic E-state index is 7.77. The second-order valence-electron chi connectivity index (χ2n) is 41.8. The summed E-state index contributed by atoms with van der Waals surface area (Å²) in [5.74, 6) is 5.49. The average Bonchev–Trinajstić information content (AvgIpc) is 0.694. The quantitative estimate of drug-likeness (QED) is 0.127. The smallest absolute Gasteiger partial charge is 0.252 e. The van der Waals surface area contributed by atoms with E-state index in [0.717, 1.165) is 69.6 Å². The minimum Gasteiger partial charge on any atom is -0.311 e. The summed E-state index contributed by atoms with van der Waals surface area (Å²) < 4.78 is 0. The number of benzene rings is 10. The standard InChI is InChI=1S/C52H59BN2.C52H61ClN2.CH4/c1-49(2,3)36-13-19-40(20-14-36)54-44-23-17-38(51(7,8)9)28-42(44)53-43-29-39(52-30-33-25-34(31-52)27-35(26-33)32-52)18-24-45(43)55(47-12-10-11-46(54)48(47)53)41-21-15-37(16-22-41)50(4,5)6;1-49(2,3)38-13-21-42(22-14-38)54(43-23-15-39(16-24-43)50(4,5)6)46-11-10-12-47(48(46)53)55(44-25-17-40(18-26-44)51(7,8)9)45-27-19-41(20-28-45)52-32-35-29-36(33-52)31-37(30-35)34-52;/h10-24,28-29,33-35H,25-27,30-32H2,1-9H3;10-28,35-37H,29-34H2,1-9H3;1H4. The number of fused-ring (bicyclic) bond motifs is 4. The molecule has 111 heavy (non-hydrogen) atoms. The molecule has 2 heterocycles. The van der Waals surface area contributed by atoms with Gasteiger partial charge in [0, 0.05) is 56.9 Å². The number of nitrogens with zero attached hydrogens (tertiary/aromatic N) is 4. The van der Waals surface area contributed by atoms with Gasteiger partial charge in [-0.15, -0.1) is 0 Å². The second kappa shape index (κ2) is 27.8. The predicted molar refractivity (Wildman–Crippen MR) is 480 cm³/mol. The van der Waals surface area contributed by atoms with Crippen LogP contribution in [0.1, 0.15) is 254 Å².